The quantitative estimate of drug-likeness (QED) is 0.872. The van der Waals surface area contributed by atoms with E-state index >= 15 is 0 Å². The summed E-state index contributed by atoms with van der Waals surface area (Å²) in [5.41, 5.74) is 5.04. The first-order valence-corrected chi connectivity index (χ1v) is 6.79. The molecule has 1 aliphatic heterocycles. The average molecular weight is 306 g/mol. The smallest absolute Gasteiger partial charge is 0.374 e. The van der Waals surface area contributed by atoms with E-state index in [0.717, 1.165) is 25.2 Å². The Balaban J connectivity index is 2.16. The van der Waals surface area contributed by atoms with Crippen LogP contribution < -0.4 is 5.73 Å². The topological polar surface area (TPSA) is 38.5 Å². The van der Waals surface area contributed by atoms with E-state index in [2.05, 4.69) is 4.90 Å². The van der Waals surface area contributed by atoms with Crippen LogP contribution in [-0.2, 0) is 10.9 Å². The summed E-state index contributed by atoms with van der Waals surface area (Å²) in [6, 6.07) is 2.13. The zero-order valence-electron chi connectivity index (χ0n) is 11.7. The lowest BCUT2D eigenvalue weighted by Gasteiger charge is -2.35. The molecular formula is C14H18F4N2O. The highest BCUT2D eigenvalue weighted by molar-refractivity contribution is 5.29. The Morgan fingerprint density at radius 2 is 2.14 bits per heavy atom. The summed E-state index contributed by atoms with van der Waals surface area (Å²) in [6.45, 7) is 4.73. The Kier molecular flexibility index (Phi) is 4.85. The lowest BCUT2D eigenvalue weighted by Crippen LogP contribution is -2.46. The van der Waals surface area contributed by atoms with Crippen molar-refractivity contribution in [2.45, 2.75) is 25.2 Å². The van der Waals surface area contributed by atoms with Crippen LogP contribution in [0, 0.1) is 5.82 Å². The number of alkyl halides is 3. The number of benzene rings is 1. The van der Waals surface area contributed by atoms with Gasteiger partial charge in [-0.15, -0.1) is 0 Å². The normalized spacial score (nSPS) is 22.3. The Morgan fingerprint density at radius 3 is 2.71 bits per heavy atom. The number of halogens is 4. The summed E-state index contributed by atoms with van der Waals surface area (Å²) < 4.78 is 56.7. The SMILES string of the molecule is CCN1CCOC(C(N)c2ccc(C(F)(F)F)c(F)c2)C1. The minimum absolute atomic E-state index is 0.309. The zero-order chi connectivity index (χ0) is 15.6. The molecule has 1 aromatic carbocycles. The van der Waals surface area contributed by atoms with E-state index in [4.69, 9.17) is 10.5 Å². The highest BCUT2D eigenvalue weighted by Gasteiger charge is 2.35. The van der Waals surface area contributed by atoms with E-state index in [1.54, 1.807) is 0 Å². The number of likely N-dealkylation sites (N-methyl/N-ethyl adjacent to an activating group) is 1. The molecule has 2 unspecified atom stereocenters. The number of morpholine rings is 1. The van der Waals surface area contributed by atoms with E-state index in [1.807, 2.05) is 6.92 Å². The number of nitrogens with two attached hydrogens (primary N) is 1. The van der Waals surface area contributed by atoms with E-state index in [-0.39, 0.29) is 6.10 Å². The molecule has 0 radical (unpaired) electrons. The highest BCUT2D eigenvalue weighted by Crippen LogP contribution is 2.33. The van der Waals surface area contributed by atoms with Crippen molar-refractivity contribution in [1.29, 1.82) is 0 Å². The molecule has 1 aliphatic rings. The first-order chi connectivity index (χ1) is 9.82. The van der Waals surface area contributed by atoms with Crippen molar-refractivity contribution in [3.8, 4) is 0 Å². The maximum Gasteiger partial charge on any atom is 0.419 e. The molecule has 2 rings (SSSR count). The van der Waals surface area contributed by atoms with E-state index < -0.39 is 23.6 Å². The van der Waals surface area contributed by atoms with Crippen LogP contribution in [0.1, 0.15) is 24.1 Å². The summed E-state index contributed by atoms with van der Waals surface area (Å²) >= 11 is 0. The maximum atomic E-state index is 13.6. The lowest BCUT2D eigenvalue weighted by molar-refractivity contribution is -0.140. The van der Waals surface area contributed by atoms with Gasteiger partial charge in [0.1, 0.15) is 5.82 Å². The van der Waals surface area contributed by atoms with Gasteiger partial charge in [0, 0.05) is 13.1 Å². The molecule has 118 valence electrons. The van der Waals surface area contributed by atoms with E-state index in [0.29, 0.717) is 18.7 Å². The Bertz CT molecular complexity index is 492. The van der Waals surface area contributed by atoms with Crippen LogP contribution in [0.3, 0.4) is 0 Å². The monoisotopic (exact) mass is 306 g/mol. The minimum atomic E-state index is -4.70. The summed E-state index contributed by atoms with van der Waals surface area (Å²) in [4.78, 5) is 2.13. The van der Waals surface area contributed by atoms with Gasteiger partial charge in [0.15, 0.2) is 0 Å². The molecule has 0 saturated carbocycles. The van der Waals surface area contributed by atoms with Crippen LogP contribution in [0.4, 0.5) is 17.6 Å². The molecule has 1 fully saturated rings. The number of hydrogen-bond acceptors (Lipinski definition) is 3. The third-order valence-electron chi connectivity index (χ3n) is 3.71. The molecule has 0 aliphatic carbocycles. The molecule has 1 heterocycles. The molecule has 0 spiro atoms. The van der Waals surface area contributed by atoms with E-state index in [9.17, 15) is 17.6 Å². The number of ether oxygens (including phenoxy) is 1. The Labute approximate surface area is 120 Å². The van der Waals surface area contributed by atoms with Crippen molar-refractivity contribution in [1.82, 2.24) is 4.90 Å². The molecule has 0 amide bonds. The predicted octanol–water partition coefficient (Wildman–Crippen LogP) is 2.57. The molecule has 2 N–H and O–H groups in total. The second kappa shape index (κ2) is 6.29. The lowest BCUT2D eigenvalue weighted by atomic mass is 9.99. The van der Waals surface area contributed by atoms with Crippen molar-refractivity contribution in [3.63, 3.8) is 0 Å². The summed E-state index contributed by atoms with van der Waals surface area (Å²) in [7, 11) is 0. The standard InChI is InChI=1S/C14H18F4N2O/c1-2-20-5-6-21-12(8-20)13(19)9-3-4-10(11(15)7-9)14(16,17)18/h3-4,7,12-13H,2,5-6,8,19H2,1H3. The second-order valence-electron chi connectivity index (χ2n) is 5.07. The Hall–Kier alpha value is -1.18. The highest BCUT2D eigenvalue weighted by atomic mass is 19.4. The summed E-state index contributed by atoms with van der Waals surface area (Å²) in [6.07, 6.45) is -5.05. The maximum absolute atomic E-state index is 13.6. The zero-order valence-corrected chi connectivity index (χ0v) is 11.7. The van der Waals surface area contributed by atoms with Crippen LogP contribution in [0.2, 0.25) is 0 Å². The molecule has 7 heteroatoms. The fourth-order valence-corrected chi connectivity index (χ4v) is 2.42. The molecule has 2 atom stereocenters. The fourth-order valence-electron chi connectivity index (χ4n) is 2.42. The first kappa shape index (κ1) is 16.2. The number of nitrogens with zero attached hydrogens (tertiary/aromatic N) is 1. The van der Waals surface area contributed by atoms with Gasteiger partial charge in [0.2, 0.25) is 0 Å². The van der Waals surface area contributed by atoms with Gasteiger partial charge in [-0.25, -0.2) is 4.39 Å². The van der Waals surface area contributed by atoms with Gasteiger partial charge in [-0.3, -0.25) is 4.90 Å². The van der Waals surface area contributed by atoms with Gasteiger partial charge in [0.05, 0.1) is 24.3 Å². The predicted molar refractivity (Wildman–Crippen MR) is 70.2 cm³/mol. The van der Waals surface area contributed by atoms with Gasteiger partial charge in [0.25, 0.3) is 0 Å². The molecule has 1 aromatic rings. The van der Waals surface area contributed by atoms with Crippen LogP contribution in [0.25, 0.3) is 0 Å². The van der Waals surface area contributed by atoms with Crippen molar-refractivity contribution < 1.29 is 22.3 Å². The molecular weight excluding hydrogens is 288 g/mol. The van der Waals surface area contributed by atoms with Gasteiger partial charge in [-0.2, -0.15) is 13.2 Å². The van der Waals surface area contributed by atoms with Crippen molar-refractivity contribution >= 4 is 0 Å². The molecule has 21 heavy (non-hydrogen) atoms. The molecule has 1 saturated heterocycles. The van der Waals surface area contributed by atoms with Crippen LogP contribution in [0.15, 0.2) is 18.2 Å². The molecule has 0 aromatic heterocycles. The first-order valence-electron chi connectivity index (χ1n) is 6.79. The number of rotatable bonds is 3. The summed E-state index contributed by atoms with van der Waals surface area (Å²) in [5, 5.41) is 0. The molecule has 3 nitrogen and oxygen atoms in total. The third kappa shape index (κ3) is 3.72. The summed E-state index contributed by atoms with van der Waals surface area (Å²) in [5.74, 6) is -1.31. The second-order valence-corrected chi connectivity index (χ2v) is 5.07. The van der Waals surface area contributed by atoms with E-state index in [1.165, 1.54) is 6.07 Å². The van der Waals surface area contributed by atoms with Crippen molar-refractivity contribution in [2.24, 2.45) is 5.73 Å². The number of hydrogen-bond donors (Lipinski definition) is 1. The van der Waals surface area contributed by atoms with Crippen LogP contribution in [0.5, 0.6) is 0 Å². The average Bonchev–Trinajstić information content (AvgIpc) is 2.45. The van der Waals surface area contributed by atoms with Crippen molar-refractivity contribution in [2.75, 3.05) is 26.2 Å². The van der Waals surface area contributed by atoms with Gasteiger partial charge in [-0.05, 0) is 24.2 Å². The van der Waals surface area contributed by atoms with Crippen LogP contribution >= 0.6 is 0 Å². The minimum Gasteiger partial charge on any atom is -0.374 e. The van der Waals surface area contributed by atoms with Crippen LogP contribution in [-0.4, -0.2) is 37.2 Å². The van der Waals surface area contributed by atoms with Gasteiger partial charge >= 0.3 is 6.18 Å². The fraction of sp³-hybridized carbons (Fsp3) is 0.571. The van der Waals surface area contributed by atoms with Gasteiger partial charge < -0.3 is 10.5 Å². The third-order valence-corrected chi connectivity index (χ3v) is 3.71. The Morgan fingerprint density at radius 1 is 1.43 bits per heavy atom. The van der Waals surface area contributed by atoms with Gasteiger partial charge in [-0.1, -0.05) is 13.0 Å². The van der Waals surface area contributed by atoms with Crippen molar-refractivity contribution in [3.05, 3.63) is 35.1 Å². The molecule has 0 bridgehead atoms. The largest absolute Gasteiger partial charge is 0.419 e.